The zero-order valence-corrected chi connectivity index (χ0v) is 12.6. The molecular weight excluding hydrogens is 282 g/mol. The number of sulfonamides is 1. The van der Waals surface area contributed by atoms with E-state index < -0.39 is 21.9 Å². The van der Waals surface area contributed by atoms with Crippen LogP contribution in [0.2, 0.25) is 0 Å². The van der Waals surface area contributed by atoms with Crippen molar-refractivity contribution in [1.29, 1.82) is 0 Å². The van der Waals surface area contributed by atoms with Gasteiger partial charge in [-0.15, -0.1) is 0 Å². The predicted octanol–water partition coefficient (Wildman–Crippen LogP) is 0.615. The number of aryl methyl sites for hydroxylation is 2. The molecule has 1 aromatic rings. The van der Waals surface area contributed by atoms with Crippen LogP contribution in [0.5, 0.6) is 0 Å². The predicted molar refractivity (Wildman–Crippen MR) is 71.9 cm³/mol. The molecule has 0 saturated carbocycles. The van der Waals surface area contributed by atoms with E-state index in [1.54, 1.807) is 18.5 Å². The highest BCUT2D eigenvalue weighted by molar-refractivity contribution is 7.89. The average Bonchev–Trinajstić information content (AvgIpc) is 2.94. The van der Waals surface area contributed by atoms with Crippen molar-refractivity contribution in [3.05, 3.63) is 11.4 Å². The van der Waals surface area contributed by atoms with Crippen LogP contribution in [-0.2, 0) is 21.4 Å². The van der Waals surface area contributed by atoms with E-state index in [0.29, 0.717) is 24.4 Å². The first-order valence-electron chi connectivity index (χ1n) is 6.56. The van der Waals surface area contributed by atoms with Crippen molar-refractivity contribution in [3.63, 3.8) is 0 Å². The van der Waals surface area contributed by atoms with Crippen LogP contribution in [0, 0.1) is 19.8 Å². The third-order valence-electron chi connectivity index (χ3n) is 3.71. The topological polar surface area (TPSA) is 92.5 Å². The van der Waals surface area contributed by atoms with E-state index in [1.807, 2.05) is 6.92 Å². The molecule has 0 radical (unpaired) electrons. The SMILES string of the molecule is CCn1nc(C)c(S(=O)(=O)N2CCC(C(=O)O)C2)c1C. The number of hydrogen-bond acceptors (Lipinski definition) is 4. The molecule has 0 amide bonds. The van der Waals surface area contributed by atoms with Gasteiger partial charge in [0, 0.05) is 19.6 Å². The zero-order chi connectivity index (χ0) is 15.1. The van der Waals surface area contributed by atoms with Gasteiger partial charge in [-0.1, -0.05) is 0 Å². The smallest absolute Gasteiger partial charge is 0.307 e. The number of aliphatic carboxylic acids is 1. The maximum Gasteiger partial charge on any atom is 0.307 e. The van der Waals surface area contributed by atoms with Gasteiger partial charge >= 0.3 is 5.97 Å². The maximum absolute atomic E-state index is 12.7. The summed E-state index contributed by atoms with van der Waals surface area (Å²) in [5.74, 6) is -1.56. The number of rotatable bonds is 4. The Balaban J connectivity index is 2.37. The summed E-state index contributed by atoms with van der Waals surface area (Å²) >= 11 is 0. The summed E-state index contributed by atoms with van der Waals surface area (Å²) in [5.41, 5.74) is 1.06. The normalized spacial score (nSPS) is 20.4. The molecule has 7 nitrogen and oxygen atoms in total. The first-order chi connectivity index (χ1) is 9.28. The van der Waals surface area contributed by atoms with Crippen molar-refractivity contribution < 1.29 is 18.3 Å². The van der Waals surface area contributed by atoms with Gasteiger partial charge in [0.2, 0.25) is 10.0 Å². The second-order valence-electron chi connectivity index (χ2n) is 5.00. The summed E-state index contributed by atoms with van der Waals surface area (Å²) in [6.45, 7) is 6.16. The Morgan fingerprint density at radius 3 is 2.55 bits per heavy atom. The summed E-state index contributed by atoms with van der Waals surface area (Å²) in [5, 5.41) is 13.2. The van der Waals surface area contributed by atoms with E-state index in [0.717, 1.165) is 0 Å². The number of carboxylic acid groups (broad SMARTS) is 1. The van der Waals surface area contributed by atoms with Gasteiger partial charge < -0.3 is 5.11 Å². The largest absolute Gasteiger partial charge is 0.481 e. The van der Waals surface area contributed by atoms with Gasteiger partial charge in [-0.2, -0.15) is 9.40 Å². The Labute approximate surface area is 118 Å². The minimum absolute atomic E-state index is 0.0356. The van der Waals surface area contributed by atoms with Crippen LogP contribution in [0.15, 0.2) is 4.90 Å². The van der Waals surface area contributed by atoms with Crippen LogP contribution in [0.4, 0.5) is 0 Å². The molecule has 1 aliphatic heterocycles. The molecule has 1 aromatic heterocycles. The third-order valence-corrected chi connectivity index (χ3v) is 5.83. The van der Waals surface area contributed by atoms with E-state index >= 15 is 0 Å². The molecule has 0 bridgehead atoms. The molecule has 112 valence electrons. The highest BCUT2D eigenvalue weighted by atomic mass is 32.2. The molecular formula is C12H19N3O4S. The van der Waals surface area contributed by atoms with Gasteiger partial charge in [0.25, 0.3) is 0 Å². The lowest BCUT2D eigenvalue weighted by Gasteiger charge is -2.16. The fourth-order valence-corrected chi connectivity index (χ4v) is 4.51. The highest BCUT2D eigenvalue weighted by Crippen LogP contribution is 2.28. The summed E-state index contributed by atoms with van der Waals surface area (Å²) in [4.78, 5) is 11.2. The molecule has 1 fully saturated rings. The van der Waals surface area contributed by atoms with Crippen LogP contribution < -0.4 is 0 Å². The van der Waals surface area contributed by atoms with Crippen molar-refractivity contribution in [3.8, 4) is 0 Å². The van der Waals surface area contributed by atoms with Gasteiger partial charge in [-0.05, 0) is 27.2 Å². The third kappa shape index (κ3) is 2.33. The number of hydrogen-bond donors (Lipinski definition) is 1. The van der Waals surface area contributed by atoms with Crippen LogP contribution in [-0.4, -0.2) is 46.7 Å². The second-order valence-corrected chi connectivity index (χ2v) is 6.88. The molecule has 1 aliphatic rings. The van der Waals surface area contributed by atoms with Crippen molar-refractivity contribution in [2.75, 3.05) is 13.1 Å². The van der Waals surface area contributed by atoms with Crippen LogP contribution in [0.1, 0.15) is 24.7 Å². The first-order valence-corrected chi connectivity index (χ1v) is 8.00. The van der Waals surface area contributed by atoms with Crippen molar-refractivity contribution in [2.24, 2.45) is 5.92 Å². The lowest BCUT2D eigenvalue weighted by atomic mass is 10.1. The van der Waals surface area contributed by atoms with Crippen molar-refractivity contribution in [2.45, 2.75) is 38.6 Å². The summed E-state index contributed by atoms with van der Waals surface area (Å²) in [6, 6.07) is 0. The fourth-order valence-electron chi connectivity index (χ4n) is 2.64. The van der Waals surface area contributed by atoms with E-state index in [-0.39, 0.29) is 18.0 Å². The lowest BCUT2D eigenvalue weighted by Crippen LogP contribution is -2.30. The quantitative estimate of drug-likeness (QED) is 0.880. The van der Waals surface area contributed by atoms with Gasteiger partial charge in [0.05, 0.1) is 17.3 Å². The van der Waals surface area contributed by atoms with Gasteiger partial charge in [-0.3, -0.25) is 9.48 Å². The number of aromatic nitrogens is 2. The van der Waals surface area contributed by atoms with E-state index in [1.165, 1.54) is 4.31 Å². The molecule has 0 aliphatic carbocycles. The van der Waals surface area contributed by atoms with Crippen LogP contribution in [0.25, 0.3) is 0 Å². The Morgan fingerprint density at radius 2 is 2.10 bits per heavy atom. The standard InChI is InChI=1S/C12H19N3O4S/c1-4-15-9(3)11(8(2)13-15)20(18,19)14-6-5-10(7-14)12(16)17/h10H,4-7H2,1-3H3,(H,16,17). The number of carboxylic acids is 1. The number of nitrogens with zero attached hydrogens (tertiary/aromatic N) is 3. The molecule has 2 heterocycles. The van der Waals surface area contributed by atoms with Crippen LogP contribution in [0.3, 0.4) is 0 Å². The lowest BCUT2D eigenvalue weighted by molar-refractivity contribution is -0.141. The Morgan fingerprint density at radius 1 is 1.45 bits per heavy atom. The zero-order valence-electron chi connectivity index (χ0n) is 11.8. The Hall–Kier alpha value is -1.41. The Kier molecular flexibility index (Phi) is 3.88. The molecule has 0 spiro atoms. The fraction of sp³-hybridized carbons (Fsp3) is 0.667. The monoisotopic (exact) mass is 301 g/mol. The minimum atomic E-state index is -3.67. The van der Waals surface area contributed by atoms with Crippen LogP contribution >= 0.6 is 0 Å². The van der Waals surface area contributed by atoms with Crippen molar-refractivity contribution in [1.82, 2.24) is 14.1 Å². The molecule has 20 heavy (non-hydrogen) atoms. The Bertz CT molecular complexity index is 635. The maximum atomic E-state index is 12.7. The molecule has 2 rings (SSSR count). The highest BCUT2D eigenvalue weighted by Gasteiger charge is 2.38. The second kappa shape index (κ2) is 5.17. The van der Waals surface area contributed by atoms with Gasteiger partial charge in [0.1, 0.15) is 4.90 Å². The average molecular weight is 301 g/mol. The molecule has 8 heteroatoms. The van der Waals surface area contributed by atoms with Gasteiger partial charge in [-0.25, -0.2) is 8.42 Å². The summed E-state index contributed by atoms with van der Waals surface area (Å²) < 4.78 is 28.2. The van der Waals surface area contributed by atoms with E-state index in [2.05, 4.69) is 5.10 Å². The van der Waals surface area contributed by atoms with Crippen molar-refractivity contribution >= 4 is 16.0 Å². The summed E-state index contributed by atoms with van der Waals surface area (Å²) in [6.07, 6.45) is 0.356. The van der Waals surface area contributed by atoms with Gasteiger partial charge in [0.15, 0.2) is 0 Å². The molecule has 1 N–H and O–H groups in total. The molecule has 1 atom stereocenters. The number of carbonyl (C=O) groups is 1. The van der Waals surface area contributed by atoms with E-state index in [4.69, 9.17) is 5.11 Å². The minimum Gasteiger partial charge on any atom is -0.481 e. The van der Waals surface area contributed by atoms with E-state index in [9.17, 15) is 13.2 Å². The first kappa shape index (κ1) is 15.0. The molecule has 1 unspecified atom stereocenters. The summed E-state index contributed by atoms with van der Waals surface area (Å²) in [7, 11) is -3.67. The molecule has 0 aromatic carbocycles. The molecule has 1 saturated heterocycles.